The van der Waals surface area contributed by atoms with Gasteiger partial charge in [0.25, 0.3) is 0 Å². The van der Waals surface area contributed by atoms with Gasteiger partial charge >= 0.3 is 17.9 Å². The Morgan fingerprint density at radius 1 is 0.318 bits per heavy atom. The Morgan fingerprint density at radius 3 is 1.02 bits per heavy atom. The number of carbonyl (C=O) groups is 3. The molecule has 0 aliphatic carbocycles. The third kappa shape index (κ3) is 51.3. The van der Waals surface area contributed by atoms with Crippen LogP contribution >= 0.6 is 0 Å². The van der Waals surface area contributed by atoms with Crippen molar-refractivity contribution in [1.82, 2.24) is 0 Å². The number of carbonyl (C=O) groups excluding carboxylic acids is 3. The maximum atomic E-state index is 12.8. The van der Waals surface area contributed by atoms with Crippen molar-refractivity contribution in [3.63, 3.8) is 0 Å². The van der Waals surface area contributed by atoms with Crippen LogP contribution in [-0.2, 0) is 28.6 Å². The van der Waals surface area contributed by atoms with E-state index in [0.29, 0.717) is 19.3 Å². The van der Waals surface area contributed by atoms with Crippen LogP contribution in [0.2, 0.25) is 0 Å². The van der Waals surface area contributed by atoms with E-state index < -0.39 is 6.10 Å². The molecule has 0 fully saturated rings. The molecule has 6 nitrogen and oxygen atoms in total. The molecule has 376 valence electrons. The molecule has 0 heterocycles. The van der Waals surface area contributed by atoms with Gasteiger partial charge in [-0.1, -0.05) is 240 Å². The van der Waals surface area contributed by atoms with Crippen LogP contribution < -0.4 is 0 Å². The first-order chi connectivity index (χ1) is 32.5. The molecule has 0 aliphatic heterocycles. The van der Waals surface area contributed by atoms with E-state index in [1.807, 2.05) is 6.08 Å². The summed E-state index contributed by atoms with van der Waals surface area (Å²) in [6.45, 7) is 6.35. The summed E-state index contributed by atoms with van der Waals surface area (Å²) in [7, 11) is 0. The Hall–Kier alpha value is -3.67. The van der Waals surface area contributed by atoms with Crippen LogP contribution in [0.4, 0.5) is 0 Å². The molecule has 0 radical (unpaired) electrons. The largest absolute Gasteiger partial charge is 0.462 e. The average molecular weight is 917 g/mol. The zero-order valence-electron chi connectivity index (χ0n) is 42.9. The van der Waals surface area contributed by atoms with Gasteiger partial charge in [0.05, 0.1) is 0 Å². The highest BCUT2D eigenvalue weighted by Crippen LogP contribution is 2.15. The molecule has 0 aromatic rings. The quantitative estimate of drug-likeness (QED) is 0.0262. The van der Waals surface area contributed by atoms with E-state index in [1.165, 1.54) is 103 Å². The van der Waals surface area contributed by atoms with Crippen LogP contribution in [0.5, 0.6) is 0 Å². The Balaban J connectivity index is 4.50. The van der Waals surface area contributed by atoms with Gasteiger partial charge in [-0.15, -0.1) is 0 Å². The van der Waals surface area contributed by atoms with Gasteiger partial charge in [0.1, 0.15) is 13.2 Å². The van der Waals surface area contributed by atoms with Crippen molar-refractivity contribution in [1.29, 1.82) is 0 Å². The third-order valence-corrected chi connectivity index (χ3v) is 11.3. The molecule has 0 aromatic heterocycles. The van der Waals surface area contributed by atoms with Gasteiger partial charge in [-0.3, -0.25) is 14.4 Å². The average Bonchev–Trinajstić information content (AvgIpc) is 3.31. The minimum Gasteiger partial charge on any atom is -0.462 e. The van der Waals surface area contributed by atoms with E-state index in [4.69, 9.17) is 14.2 Å². The number of hydrogen-bond donors (Lipinski definition) is 0. The zero-order chi connectivity index (χ0) is 47.9. The standard InChI is InChI=1S/C60H100O6/c1-4-7-10-13-16-19-22-25-28-29-30-31-33-35-38-41-44-47-50-53-59(62)65-56-57(55-64-58(61)52-49-46-43-40-37-34-27-24-21-18-15-12-9-6-3)66-60(63)54-51-48-45-42-39-36-32-26-23-20-17-14-11-8-5-2/h7,9-10,12,16,18-19,21,25,28,30-31,35,38,44,47,57H,4-6,8,11,13-15,17,20,22-24,26-27,29,32-34,36-37,39-43,45-46,48-56H2,1-3H3/b10-7-,12-9-,19-16-,21-18-,28-25-,31-30-,38-35-,47-44-. The predicted molar refractivity (Wildman–Crippen MR) is 284 cm³/mol. The fourth-order valence-electron chi connectivity index (χ4n) is 7.33. The van der Waals surface area contributed by atoms with Crippen LogP contribution in [0.15, 0.2) is 97.2 Å². The summed E-state index contributed by atoms with van der Waals surface area (Å²) in [4.78, 5) is 38.0. The van der Waals surface area contributed by atoms with Gasteiger partial charge < -0.3 is 14.2 Å². The van der Waals surface area contributed by atoms with E-state index in [9.17, 15) is 14.4 Å². The number of hydrogen-bond acceptors (Lipinski definition) is 6. The van der Waals surface area contributed by atoms with Crippen molar-refractivity contribution in [2.24, 2.45) is 0 Å². The van der Waals surface area contributed by atoms with Gasteiger partial charge in [-0.2, -0.15) is 0 Å². The molecule has 0 amide bonds. The summed E-state index contributed by atoms with van der Waals surface area (Å²) in [5.74, 6) is -0.997. The Bertz CT molecular complexity index is 1330. The van der Waals surface area contributed by atoms with Gasteiger partial charge in [-0.25, -0.2) is 0 Å². The van der Waals surface area contributed by atoms with Gasteiger partial charge in [-0.05, 0) is 83.5 Å². The minimum absolute atomic E-state index is 0.104. The molecular weight excluding hydrogens is 817 g/mol. The SMILES string of the molecule is CC/C=C\C/C=C\C/C=C\C/C=C\C/C=C\C/C=C\CCC(=O)OCC(COC(=O)CCCCCCCCC/C=C\C/C=C\CC)OC(=O)CCCCCCCCCCCCCCCCC. The summed E-state index contributed by atoms with van der Waals surface area (Å²) in [5.41, 5.74) is 0. The fraction of sp³-hybridized carbons (Fsp3) is 0.683. The lowest BCUT2D eigenvalue weighted by Crippen LogP contribution is -2.30. The number of ether oxygens (including phenoxy) is 3. The predicted octanol–water partition coefficient (Wildman–Crippen LogP) is 18.1. The number of allylic oxidation sites excluding steroid dienone is 16. The molecule has 1 unspecified atom stereocenters. The second-order valence-electron chi connectivity index (χ2n) is 17.7. The smallest absolute Gasteiger partial charge is 0.306 e. The lowest BCUT2D eigenvalue weighted by Gasteiger charge is -2.18. The molecule has 66 heavy (non-hydrogen) atoms. The first-order valence-corrected chi connectivity index (χ1v) is 27.2. The lowest BCUT2D eigenvalue weighted by molar-refractivity contribution is -0.166. The van der Waals surface area contributed by atoms with E-state index >= 15 is 0 Å². The van der Waals surface area contributed by atoms with Crippen molar-refractivity contribution >= 4 is 17.9 Å². The molecule has 0 bridgehead atoms. The molecule has 0 rings (SSSR count). The normalized spacial score (nSPS) is 12.8. The highest BCUT2D eigenvalue weighted by Gasteiger charge is 2.19. The molecule has 0 saturated carbocycles. The van der Waals surface area contributed by atoms with E-state index in [-0.39, 0.29) is 37.5 Å². The summed E-state index contributed by atoms with van der Waals surface area (Å²) < 4.78 is 16.8. The van der Waals surface area contributed by atoms with Crippen LogP contribution in [-0.4, -0.2) is 37.2 Å². The van der Waals surface area contributed by atoms with Crippen molar-refractivity contribution in [3.05, 3.63) is 97.2 Å². The Labute approximate surface area is 407 Å². The zero-order valence-corrected chi connectivity index (χ0v) is 42.9. The fourth-order valence-corrected chi connectivity index (χ4v) is 7.33. The summed E-state index contributed by atoms with van der Waals surface area (Å²) in [6, 6.07) is 0. The maximum absolute atomic E-state index is 12.8. The Morgan fingerprint density at radius 2 is 0.621 bits per heavy atom. The van der Waals surface area contributed by atoms with E-state index in [2.05, 4.69) is 112 Å². The molecular formula is C60H100O6. The highest BCUT2D eigenvalue weighted by atomic mass is 16.6. The molecule has 6 heteroatoms. The van der Waals surface area contributed by atoms with E-state index in [0.717, 1.165) is 96.3 Å². The van der Waals surface area contributed by atoms with Crippen LogP contribution in [0.25, 0.3) is 0 Å². The first kappa shape index (κ1) is 62.3. The maximum Gasteiger partial charge on any atom is 0.306 e. The third-order valence-electron chi connectivity index (χ3n) is 11.3. The van der Waals surface area contributed by atoms with Crippen molar-refractivity contribution in [2.75, 3.05) is 13.2 Å². The number of rotatable bonds is 48. The highest BCUT2D eigenvalue weighted by molar-refractivity contribution is 5.71. The van der Waals surface area contributed by atoms with Crippen LogP contribution in [0.1, 0.15) is 245 Å². The molecule has 1 atom stereocenters. The molecule has 0 spiro atoms. The second kappa shape index (κ2) is 53.9. The topological polar surface area (TPSA) is 78.9 Å². The molecule has 0 N–H and O–H groups in total. The van der Waals surface area contributed by atoms with Crippen LogP contribution in [0, 0.1) is 0 Å². The number of esters is 3. The lowest BCUT2D eigenvalue weighted by atomic mass is 10.0. The second-order valence-corrected chi connectivity index (χ2v) is 17.7. The van der Waals surface area contributed by atoms with Crippen molar-refractivity contribution < 1.29 is 28.6 Å². The first-order valence-electron chi connectivity index (χ1n) is 27.2. The molecule has 0 saturated heterocycles. The Kier molecular flexibility index (Phi) is 50.9. The number of unbranched alkanes of at least 4 members (excludes halogenated alkanes) is 21. The summed E-state index contributed by atoms with van der Waals surface area (Å²) in [5, 5.41) is 0. The van der Waals surface area contributed by atoms with Crippen molar-refractivity contribution in [2.45, 2.75) is 252 Å². The van der Waals surface area contributed by atoms with Crippen molar-refractivity contribution in [3.8, 4) is 0 Å². The monoisotopic (exact) mass is 917 g/mol. The molecule has 0 aromatic carbocycles. The summed E-state index contributed by atoms with van der Waals surface area (Å²) >= 11 is 0. The van der Waals surface area contributed by atoms with Gasteiger partial charge in [0.2, 0.25) is 0 Å². The van der Waals surface area contributed by atoms with Gasteiger partial charge in [0.15, 0.2) is 6.10 Å². The van der Waals surface area contributed by atoms with E-state index in [1.54, 1.807) is 0 Å². The minimum atomic E-state index is -0.810. The van der Waals surface area contributed by atoms with Gasteiger partial charge in [0, 0.05) is 19.3 Å². The summed E-state index contributed by atoms with van der Waals surface area (Å²) in [6.07, 6.45) is 71.2. The molecule has 0 aliphatic rings. The van der Waals surface area contributed by atoms with Crippen LogP contribution in [0.3, 0.4) is 0 Å².